The summed E-state index contributed by atoms with van der Waals surface area (Å²) >= 11 is 0. The number of hydrogen-bond donors (Lipinski definition) is 0. The largest absolute Gasteiger partial charge is 0.232 e. The van der Waals surface area contributed by atoms with Crippen LogP contribution in [0.5, 0.6) is 0 Å². The van der Waals surface area contributed by atoms with Crippen molar-refractivity contribution >= 4 is 0 Å². The van der Waals surface area contributed by atoms with E-state index in [0.29, 0.717) is 6.61 Å². The molecule has 2 nitrogen and oxygen atoms in total. The van der Waals surface area contributed by atoms with Crippen LogP contribution < -0.4 is 0 Å². The lowest BCUT2D eigenvalue weighted by atomic mass is 9.96. The van der Waals surface area contributed by atoms with E-state index in [-0.39, 0.29) is 5.60 Å². The molecule has 0 saturated carbocycles. The van der Waals surface area contributed by atoms with Crippen LogP contribution in [0.2, 0.25) is 0 Å². The third-order valence-corrected chi connectivity index (χ3v) is 1.96. The van der Waals surface area contributed by atoms with Crippen LogP contribution in [0.1, 0.15) is 12.5 Å². The highest BCUT2D eigenvalue weighted by Gasteiger charge is 2.37. The van der Waals surface area contributed by atoms with Crippen molar-refractivity contribution in [1.82, 2.24) is 0 Å². The Morgan fingerprint density at radius 1 is 1.27 bits per heavy atom. The fourth-order valence-electron chi connectivity index (χ4n) is 1.16. The van der Waals surface area contributed by atoms with Crippen LogP contribution in [-0.2, 0) is 15.4 Å². The summed E-state index contributed by atoms with van der Waals surface area (Å²) in [6, 6.07) is 10.1. The zero-order chi connectivity index (χ0) is 7.73. The molecule has 0 amide bonds. The molecule has 0 unspecified atom stereocenters. The van der Waals surface area contributed by atoms with Crippen molar-refractivity contribution in [2.24, 2.45) is 0 Å². The van der Waals surface area contributed by atoms with Gasteiger partial charge < -0.3 is 0 Å². The third-order valence-electron chi connectivity index (χ3n) is 1.96. The zero-order valence-corrected chi connectivity index (χ0v) is 6.41. The zero-order valence-electron chi connectivity index (χ0n) is 6.41. The Bertz CT molecular complexity index is 239. The molecule has 1 aromatic carbocycles. The highest BCUT2D eigenvalue weighted by molar-refractivity contribution is 5.22. The summed E-state index contributed by atoms with van der Waals surface area (Å²) in [5, 5.41) is 0. The maximum atomic E-state index is 5.00. The molecule has 2 heteroatoms. The van der Waals surface area contributed by atoms with Gasteiger partial charge in [-0.25, -0.2) is 9.78 Å². The lowest BCUT2D eigenvalue weighted by Gasteiger charge is -2.36. The van der Waals surface area contributed by atoms with E-state index in [1.54, 1.807) is 0 Å². The quantitative estimate of drug-likeness (QED) is 0.569. The van der Waals surface area contributed by atoms with Gasteiger partial charge in [-0.1, -0.05) is 30.3 Å². The van der Waals surface area contributed by atoms with E-state index in [9.17, 15) is 0 Å². The molecule has 2 rings (SSSR count). The van der Waals surface area contributed by atoms with Crippen molar-refractivity contribution in [2.45, 2.75) is 12.5 Å². The highest BCUT2D eigenvalue weighted by Crippen LogP contribution is 2.32. The molecular formula is C9H10O2. The molecule has 1 atom stereocenters. The maximum Gasteiger partial charge on any atom is 0.152 e. The highest BCUT2D eigenvalue weighted by atomic mass is 17.2. The first-order valence-electron chi connectivity index (χ1n) is 3.67. The first-order chi connectivity index (χ1) is 5.31. The second-order valence-electron chi connectivity index (χ2n) is 2.94. The standard InChI is InChI=1S/C9H10O2/c1-9(7-10-11-9)8-5-3-2-4-6-8/h2-6H,7H2,1H3/t9-/m0/s1. The molecule has 0 N–H and O–H groups in total. The molecule has 1 aromatic rings. The maximum absolute atomic E-state index is 5.00. The van der Waals surface area contributed by atoms with Gasteiger partial charge in [0.05, 0.1) is 0 Å². The minimum absolute atomic E-state index is 0.207. The predicted octanol–water partition coefficient (Wildman–Crippen LogP) is 1.86. The molecule has 1 aliphatic heterocycles. The van der Waals surface area contributed by atoms with Crippen molar-refractivity contribution in [1.29, 1.82) is 0 Å². The van der Waals surface area contributed by atoms with E-state index in [4.69, 9.17) is 9.78 Å². The van der Waals surface area contributed by atoms with Crippen molar-refractivity contribution in [3.63, 3.8) is 0 Å². The summed E-state index contributed by atoms with van der Waals surface area (Å²) in [6.45, 7) is 2.67. The van der Waals surface area contributed by atoms with Crippen LogP contribution in [0.3, 0.4) is 0 Å². The summed E-state index contributed by atoms with van der Waals surface area (Å²) in [4.78, 5) is 9.70. The smallest absolute Gasteiger partial charge is 0.152 e. The summed E-state index contributed by atoms with van der Waals surface area (Å²) in [7, 11) is 0. The first-order valence-corrected chi connectivity index (χ1v) is 3.67. The average Bonchev–Trinajstić information content (AvgIpc) is 2.02. The molecule has 58 valence electrons. The Balaban J connectivity index is 2.29. The minimum atomic E-state index is -0.207. The van der Waals surface area contributed by atoms with Crippen molar-refractivity contribution in [3.05, 3.63) is 35.9 Å². The lowest BCUT2D eigenvalue weighted by molar-refractivity contribution is -0.473. The van der Waals surface area contributed by atoms with Crippen molar-refractivity contribution < 1.29 is 9.78 Å². The molecule has 11 heavy (non-hydrogen) atoms. The Labute approximate surface area is 65.7 Å². The number of benzene rings is 1. The molecule has 0 radical (unpaired) electrons. The fraction of sp³-hybridized carbons (Fsp3) is 0.333. The predicted molar refractivity (Wildman–Crippen MR) is 40.8 cm³/mol. The Morgan fingerprint density at radius 3 is 2.36 bits per heavy atom. The van der Waals surface area contributed by atoms with E-state index >= 15 is 0 Å². The van der Waals surface area contributed by atoms with Gasteiger partial charge in [0.1, 0.15) is 6.61 Å². The van der Waals surface area contributed by atoms with Gasteiger partial charge in [-0.15, -0.1) is 0 Å². The molecule has 1 heterocycles. The van der Waals surface area contributed by atoms with Gasteiger partial charge >= 0.3 is 0 Å². The van der Waals surface area contributed by atoms with E-state index in [1.165, 1.54) is 5.56 Å². The summed E-state index contributed by atoms with van der Waals surface area (Å²) in [5.74, 6) is 0. The molecule has 1 saturated heterocycles. The molecule has 1 aliphatic rings. The van der Waals surface area contributed by atoms with Crippen LogP contribution in [0.25, 0.3) is 0 Å². The van der Waals surface area contributed by atoms with Gasteiger partial charge in [-0.2, -0.15) is 0 Å². The Hall–Kier alpha value is -0.860. The Kier molecular flexibility index (Phi) is 1.44. The van der Waals surface area contributed by atoms with Crippen LogP contribution >= 0.6 is 0 Å². The molecule has 1 fully saturated rings. The van der Waals surface area contributed by atoms with E-state index in [2.05, 4.69) is 0 Å². The van der Waals surface area contributed by atoms with Crippen molar-refractivity contribution in [3.8, 4) is 0 Å². The van der Waals surface area contributed by atoms with Gasteiger partial charge in [0.15, 0.2) is 5.60 Å². The summed E-state index contributed by atoms with van der Waals surface area (Å²) in [6.07, 6.45) is 0. The van der Waals surface area contributed by atoms with Gasteiger partial charge in [-0.3, -0.25) is 0 Å². The lowest BCUT2D eigenvalue weighted by Crippen LogP contribution is -2.41. The molecule has 0 aromatic heterocycles. The molecular weight excluding hydrogens is 140 g/mol. The van der Waals surface area contributed by atoms with E-state index < -0.39 is 0 Å². The first kappa shape index (κ1) is 6.83. The van der Waals surface area contributed by atoms with Crippen LogP contribution in [0, 0.1) is 0 Å². The van der Waals surface area contributed by atoms with Gasteiger partial charge in [0.25, 0.3) is 0 Å². The van der Waals surface area contributed by atoms with Gasteiger partial charge in [0, 0.05) is 0 Å². The monoisotopic (exact) mass is 150 g/mol. The second kappa shape index (κ2) is 2.32. The number of rotatable bonds is 1. The topological polar surface area (TPSA) is 18.5 Å². The van der Waals surface area contributed by atoms with E-state index in [1.807, 2.05) is 37.3 Å². The normalized spacial score (nSPS) is 29.5. The summed E-state index contributed by atoms with van der Waals surface area (Å²) < 4.78 is 0. The Morgan fingerprint density at radius 2 is 1.91 bits per heavy atom. The fourth-order valence-corrected chi connectivity index (χ4v) is 1.16. The molecule has 0 spiro atoms. The average molecular weight is 150 g/mol. The number of hydrogen-bond acceptors (Lipinski definition) is 2. The van der Waals surface area contributed by atoms with Gasteiger partial charge in [0.2, 0.25) is 0 Å². The van der Waals surface area contributed by atoms with Crippen LogP contribution in [0.4, 0.5) is 0 Å². The van der Waals surface area contributed by atoms with E-state index in [0.717, 1.165) is 0 Å². The second-order valence-corrected chi connectivity index (χ2v) is 2.94. The van der Waals surface area contributed by atoms with Crippen molar-refractivity contribution in [2.75, 3.05) is 6.61 Å². The summed E-state index contributed by atoms with van der Waals surface area (Å²) in [5.41, 5.74) is 0.965. The molecule has 0 bridgehead atoms. The minimum Gasteiger partial charge on any atom is -0.232 e. The molecule has 0 aliphatic carbocycles. The SMILES string of the molecule is C[C@@]1(c2ccccc2)COO1. The third kappa shape index (κ3) is 1.04. The van der Waals surface area contributed by atoms with Crippen LogP contribution in [-0.4, -0.2) is 6.61 Å². The van der Waals surface area contributed by atoms with Crippen LogP contribution in [0.15, 0.2) is 30.3 Å². The van der Waals surface area contributed by atoms with Gasteiger partial charge in [-0.05, 0) is 12.5 Å².